The van der Waals surface area contributed by atoms with E-state index in [0.29, 0.717) is 12.5 Å². The van der Waals surface area contributed by atoms with Gasteiger partial charge in [0, 0.05) is 10.4 Å². The Hall–Kier alpha value is -1.16. The molecule has 1 aromatic rings. The Balaban J connectivity index is 2.56. The molecule has 0 fully saturated rings. The lowest BCUT2D eigenvalue weighted by Crippen LogP contribution is -2.44. The van der Waals surface area contributed by atoms with Crippen molar-refractivity contribution >= 4 is 17.7 Å². The molecule has 0 atom stereocenters. The number of rotatable bonds is 3. The van der Waals surface area contributed by atoms with Crippen LogP contribution in [0.3, 0.4) is 0 Å². The largest absolute Gasteiger partial charge is 0.370 e. The van der Waals surface area contributed by atoms with Gasteiger partial charge in [-0.25, -0.2) is 4.99 Å². The van der Waals surface area contributed by atoms with Crippen LogP contribution < -0.4 is 11.1 Å². The minimum Gasteiger partial charge on any atom is -0.370 e. The van der Waals surface area contributed by atoms with Crippen molar-refractivity contribution in [3.63, 3.8) is 0 Å². The molecule has 4 heteroatoms. The summed E-state index contributed by atoms with van der Waals surface area (Å²) >= 11 is 1.74. The summed E-state index contributed by atoms with van der Waals surface area (Å²) in [6.07, 6.45) is 2.07. The molecule has 0 heterocycles. The van der Waals surface area contributed by atoms with Crippen LogP contribution in [0, 0.1) is 0 Å². The lowest BCUT2D eigenvalue weighted by molar-refractivity contribution is 0.508. The number of thioether (sulfide) groups is 1. The molecule has 0 saturated heterocycles. The summed E-state index contributed by atoms with van der Waals surface area (Å²) in [6, 6.07) is 8.37. The van der Waals surface area contributed by atoms with Gasteiger partial charge in [0.15, 0.2) is 5.96 Å². The van der Waals surface area contributed by atoms with Crippen LogP contribution in [0.15, 0.2) is 34.2 Å². The molecule has 0 aliphatic rings. The summed E-state index contributed by atoms with van der Waals surface area (Å²) in [5.74, 6) is 0.492. The maximum Gasteiger partial charge on any atom is 0.189 e. The molecule has 0 amide bonds. The van der Waals surface area contributed by atoms with E-state index >= 15 is 0 Å². The Labute approximate surface area is 108 Å². The molecule has 0 aliphatic carbocycles. The average molecular weight is 251 g/mol. The van der Waals surface area contributed by atoms with Crippen LogP contribution in [0.25, 0.3) is 0 Å². The van der Waals surface area contributed by atoms with Crippen LogP contribution in [0.1, 0.15) is 26.3 Å². The summed E-state index contributed by atoms with van der Waals surface area (Å²) in [5, 5.41) is 3.14. The monoisotopic (exact) mass is 251 g/mol. The van der Waals surface area contributed by atoms with Crippen LogP contribution in [0.5, 0.6) is 0 Å². The second kappa shape index (κ2) is 5.96. The number of nitrogens with two attached hydrogens (primary N) is 1. The molecule has 1 aromatic carbocycles. The van der Waals surface area contributed by atoms with E-state index in [0.717, 1.165) is 0 Å². The molecule has 94 valence electrons. The fourth-order valence-electron chi connectivity index (χ4n) is 1.33. The second-order valence-corrected chi connectivity index (χ2v) is 5.80. The Bertz CT molecular complexity index is 377. The average Bonchev–Trinajstić information content (AvgIpc) is 2.25. The van der Waals surface area contributed by atoms with Crippen molar-refractivity contribution in [3.05, 3.63) is 29.8 Å². The Kier molecular flexibility index (Phi) is 4.87. The van der Waals surface area contributed by atoms with Gasteiger partial charge in [-0.15, -0.1) is 11.8 Å². The molecule has 0 radical (unpaired) electrons. The standard InChI is InChI=1S/C13H21N3S/c1-13(2,3)16-12(14)15-9-10-5-7-11(17-4)8-6-10/h5-8H,9H2,1-4H3,(H3,14,15,16). The number of aliphatic imine (C=N–C) groups is 1. The number of hydrogen-bond acceptors (Lipinski definition) is 2. The summed E-state index contributed by atoms with van der Waals surface area (Å²) < 4.78 is 0. The molecule has 1 rings (SSSR count). The van der Waals surface area contributed by atoms with Gasteiger partial charge in [0.25, 0.3) is 0 Å². The minimum absolute atomic E-state index is 0.0453. The fourth-order valence-corrected chi connectivity index (χ4v) is 1.74. The molecule has 0 unspecified atom stereocenters. The molecule has 0 aliphatic heterocycles. The fraction of sp³-hybridized carbons (Fsp3) is 0.462. The summed E-state index contributed by atoms with van der Waals surface area (Å²) in [6.45, 7) is 6.79. The maximum atomic E-state index is 5.80. The number of hydrogen-bond donors (Lipinski definition) is 2. The van der Waals surface area contributed by atoms with Crippen LogP contribution in [-0.4, -0.2) is 17.8 Å². The lowest BCUT2D eigenvalue weighted by atomic mass is 10.1. The Morgan fingerprint density at radius 1 is 1.29 bits per heavy atom. The summed E-state index contributed by atoms with van der Waals surface area (Å²) in [7, 11) is 0. The summed E-state index contributed by atoms with van der Waals surface area (Å²) in [4.78, 5) is 5.57. The van der Waals surface area contributed by atoms with E-state index in [-0.39, 0.29) is 5.54 Å². The quantitative estimate of drug-likeness (QED) is 0.493. The van der Waals surface area contributed by atoms with E-state index in [2.05, 4.69) is 61.6 Å². The first-order valence-corrected chi connectivity index (χ1v) is 6.84. The van der Waals surface area contributed by atoms with Crippen molar-refractivity contribution in [1.29, 1.82) is 0 Å². The van der Waals surface area contributed by atoms with Gasteiger partial charge >= 0.3 is 0 Å². The maximum absolute atomic E-state index is 5.80. The molecule has 17 heavy (non-hydrogen) atoms. The smallest absolute Gasteiger partial charge is 0.189 e. The van der Waals surface area contributed by atoms with E-state index in [4.69, 9.17) is 5.73 Å². The van der Waals surface area contributed by atoms with Gasteiger partial charge in [-0.1, -0.05) is 12.1 Å². The normalized spacial score (nSPS) is 12.6. The highest BCUT2D eigenvalue weighted by Gasteiger charge is 2.09. The van der Waals surface area contributed by atoms with Crippen LogP contribution >= 0.6 is 11.8 Å². The highest BCUT2D eigenvalue weighted by molar-refractivity contribution is 7.98. The van der Waals surface area contributed by atoms with Crippen molar-refractivity contribution in [2.75, 3.05) is 6.26 Å². The predicted octanol–water partition coefficient (Wildman–Crippen LogP) is 2.61. The molecule has 0 saturated carbocycles. The van der Waals surface area contributed by atoms with E-state index in [1.165, 1.54) is 10.5 Å². The lowest BCUT2D eigenvalue weighted by Gasteiger charge is -2.20. The zero-order chi connectivity index (χ0) is 12.9. The number of nitrogens with zero attached hydrogens (tertiary/aromatic N) is 1. The first kappa shape index (κ1) is 13.9. The van der Waals surface area contributed by atoms with Crippen molar-refractivity contribution in [3.8, 4) is 0 Å². The van der Waals surface area contributed by atoms with Crippen molar-refractivity contribution in [2.45, 2.75) is 37.8 Å². The van der Waals surface area contributed by atoms with Gasteiger partial charge in [0.05, 0.1) is 6.54 Å². The SMILES string of the molecule is CSc1ccc(CN=C(N)NC(C)(C)C)cc1. The van der Waals surface area contributed by atoms with Gasteiger partial charge in [-0.2, -0.15) is 0 Å². The third-order valence-electron chi connectivity index (χ3n) is 2.09. The third kappa shape index (κ3) is 5.63. The molecule has 3 N–H and O–H groups in total. The van der Waals surface area contributed by atoms with Gasteiger partial charge in [-0.05, 0) is 44.7 Å². The van der Waals surface area contributed by atoms with Gasteiger partial charge < -0.3 is 11.1 Å². The van der Waals surface area contributed by atoms with Crippen molar-refractivity contribution in [1.82, 2.24) is 5.32 Å². The topological polar surface area (TPSA) is 50.4 Å². The van der Waals surface area contributed by atoms with Gasteiger partial charge in [0.2, 0.25) is 0 Å². The first-order chi connectivity index (χ1) is 7.90. The van der Waals surface area contributed by atoms with Crippen LogP contribution in [0.2, 0.25) is 0 Å². The van der Waals surface area contributed by atoms with Crippen molar-refractivity contribution < 1.29 is 0 Å². The van der Waals surface area contributed by atoms with E-state index < -0.39 is 0 Å². The number of nitrogens with one attached hydrogen (secondary N) is 1. The predicted molar refractivity (Wildman–Crippen MR) is 76.4 cm³/mol. The van der Waals surface area contributed by atoms with Crippen LogP contribution in [-0.2, 0) is 6.54 Å². The zero-order valence-electron chi connectivity index (χ0n) is 10.9. The summed E-state index contributed by atoms with van der Waals surface area (Å²) in [5.41, 5.74) is 6.92. The zero-order valence-corrected chi connectivity index (χ0v) is 11.8. The second-order valence-electron chi connectivity index (χ2n) is 4.92. The Morgan fingerprint density at radius 2 is 1.88 bits per heavy atom. The highest BCUT2D eigenvalue weighted by atomic mass is 32.2. The minimum atomic E-state index is -0.0453. The number of guanidine groups is 1. The van der Waals surface area contributed by atoms with Gasteiger partial charge in [0.1, 0.15) is 0 Å². The molecule has 0 bridgehead atoms. The molecule has 0 aromatic heterocycles. The first-order valence-electron chi connectivity index (χ1n) is 5.62. The van der Waals surface area contributed by atoms with Crippen LogP contribution in [0.4, 0.5) is 0 Å². The van der Waals surface area contributed by atoms with Crippen molar-refractivity contribution in [2.24, 2.45) is 10.7 Å². The van der Waals surface area contributed by atoms with Gasteiger partial charge in [-0.3, -0.25) is 0 Å². The number of benzene rings is 1. The van der Waals surface area contributed by atoms with E-state index in [9.17, 15) is 0 Å². The van der Waals surface area contributed by atoms with E-state index in [1.807, 2.05) is 0 Å². The third-order valence-corrected chi connectivity index (χ3v) is 2.84. The Morgan fingerprint density at radius 3 is 2.35 bits per heavy atom. The molecular weight excluding hydrogens is 230 g/mol. The molecular formula is C13H21N3S. The molecule has 3 nitrogen and oxygen atoms in total. The highest BCUT2D eigenvalue weighted by Crippen LogP contribution is 2.15. The van der Waals surface area contributed by atoms with E-state index in [1.54, 1.807) is 11.8 Å². The molecule has 0 spiro atoms.